The second-order valence-corrected chi connectivity index (χ2v) is 37.0. The highest BCUT2D eigenvalue weighted by molar-refractivity contribution is 6.29. The van der Waals surface area contributed by atoms with Crippen LogP contribution in [-0.4, -0.2) is 27.4 Å². The summed E-state index contributed by atoms with van der Waals surface area (Å²) in [5.41, 5.74) is 30.8. The van der Waals surface area contributed by atoms with Crippen molar-refractivity contribution in [1.82, 2.24) is 27.4 Å². The van der Waals surface area contributed by atoms with Crippen molar-refractivity contribution in [3.8, 4) is 85.7 Å². The third-order valence-electron chi connectivity index (χ3n) is 29.2. The Bertz CT molecular complexity index is 10900. The lowest BCUT2D eigenvalue weighted by atomic mass is 9.99. The van der Waals surface area contributed by atoms with E-state index in [1.807, 2.05) is 194 Å². The van der Waals surface area contributed by atoms with Crippen LogP contribution in [0.2, 0.25) is 0 Å². The topological polar surface area (TPSA) is 153 Å². The molecule has 0 saturated carbocycles. The molecule has 9 aromatic heterocycles. The van der Waals surface area contributed by atoms with E-state index in [1.165, 1.54) is 0 Å². The van der Waals surface area contributed by atoms with Gasteiger partial charge in [0.05, 0.1) is 143 Å². The molecule has 9 heterocycles. The van der Waals surface area contributed by atoms with E-state index in [4.69, 9.17) is 33.0 Å². The van der Waals surface area contributed by atoms with E-state index in [9.17, 15) is 15.8 Å². The third-order valence-corrected chi connectivity index (χ3v) is 29.2. The van der Waals surface area contributed by atoms with Gasteiger partial charge in [0.25, 0.3) is 0 Å². The van der Waals surface area contributed by atoms with Crippen molar-refractivity contribution in [3.63, 3.8) is 0 Å². The predicted molar refractivity (Wildman–Crippen MR) is 596 cm³/mol. The van der Waals surface area contributed by atoms with Crippen LogP contribution in [-0.2, 0) is 0 Å². The van der Waals surface area contributed by atoms with Gasteiger partial charge in [-0.05, 0) is 197 Å². The van der Waals surface area contributed by atoms with Crippen molar-refractivity contribution < 1.29 is 13.3 Å². The maximum absolute atomic E-state index is 10.4. The standard InChI is InChI=1S/3C44H24N4O/c1-46-37-16-10-15-30(44(37)48-39-18-7-2-11-31(39)32-12-3-8-19-40(32)48)28-21-27(26-45)22-29(23-28)47-38-17-6-4-13-33(38)35-25-43-36(24-41(35)47)34-14-5-9-20-42(34)49-43;1-46-36-16-10-15-30(43(36)48-37-17-6-2-11-31(37)32-12-3-7-18-38(32)48)28-23-27(26-45)24-29(25-28)47-39-19-8-4-14-35(39)42-40(47)22-21-34-33-13-5-9-20-41(33)49-44(34)42;1-46-35-16-10-15-30(44(35)48-36-17-6-2-11-31(36)32-12-3-7-18-37(32)48)28-23-27(26-45)24-29(25-28)47-38-19-8-4-13-33(38)42-39(47)21-22-41-43(42)34-14-5-9-20-40(34)49-41/h3*2-25H. The smallest absolute Gasteiger partial charge is 0.211 e. The first kappa shape index (κ1) is 83.9. The van der Waals surface area contributed by atoms with Gasteiger partial charge in [-0.2, -0.15) is 15.8 Å². The van der Waals surface area contributed by atoms with Crippen molar-refractivity contribution in [2.75, 3.05) is 0 Å². The zero-order valence-electron chi connectivity index (χ0n) is 78.2. The van der Waals surface area contributed by atoms with Crippen molar-refractivity contribution in [1.29, 1.82) is 15.8 Å². The second kappa shape index (κ2) is 33.2. The molecule has 147 heavy (non-hydrogen) atoms. The number of benzene rings is 21. The van der Waals surface area contributed by atoms with Gasteiger partial charge < -0.3 is 40.7 Å². The fourth-order valence-electron chi connectivity index (χ4n) is 23.2. The van der Waals surface area contributed by atoms with Crippen LogP contribution < -0.4 is 0 Å². The summed E-state index contributed by atoms with van der Waals surface area (Å²) in [5, 5.41) is 50.9. The van der Waals surface area contributed by atoms with E-state index in [-0.39, 0.29) is 0 Å². The van der Waals surface area contributed by atoms with Crippen LogP contribution >= 0.6 is 0 Å². The zero-order chi connectivity index (χ0) is 97.9. The number of fused-ring (bicyclic) bond motifs is 29. The van der Waals surface area contributed by atoms with Crippen LogP contribution in [0.3, 0.4) is 0 Å². The number of hydrogen-bond donors (Lipinski definition) is 0. The highest BCUT2D eigenvalue weighted by Crippen LogP contribution is 2.51. The molecule has 0 aliphatic rings. The molecule has 0 fully saturated rings. The molecule has 15 heteroatoms. The highest BCUT2D eigenvalue weighted by atomic mass is 16.3. The lowest BCUT2D eigenvalue weighted by Crippen LogP contribution is -2.00. The number of para-hydroxylation sites is 15. The molecule has 0 saturated heterocycles. The van der Waals surface area contributed by atoms with Crippen molar-refractivity contribution in [3.05, 3.63) is 488 Å². The van der Waals surface area contributed by atoms with Crippen LogP contribution in [0.4, 0.5) is 17.1 Å². The minimum absolute atomic E-state index is 0.532. The monoisotopic (exact) mass is 1870 g/mol. The summed E-state index contributed by atoms with van der Waals surface area (Å²) in [5.74, 6) is 0. The van der Waals surface area contributed by atoms with Gasteiger partial charge in [0.1, 0.15) is 33.5 Å². The largest absolute Gasteiger partial charge is 0.456 e. The summed E-state index contributed by atoms with van der Waals surface area (Å²) < 4.78 is 32.4. The molecule has 0 bridgehead atoms. The lowest BCUT2D eigenvalue weighted by Gasteiger charge is -2.17. The first-order chi connectivity index (χ1) is 72.7. The minimum Gasteiger partial charge on any atom is -0.456 e. The Kier molecular flexibility index (Phi) is 19.0. The fourth-order valence-corrected chi connectivity index (χ4v) is 23.2. The minimum atomic E-state index is 0.532. The molecule has 0 spiro atoms. The molecular formula is C132H72N12O3. The number of rotatable bonds is 9. The van der Waals surface area contributed by atoms with E-state index in [2.05, 4.69) is 303 Å². The average Bonchev–Trinajstić information content (AvgIpc) is 1.57. The third kappa shape index (κ3) is 12.8. The molecule has 30 aromatic rings. The summed E-state index contributed by atoms with van der Waals surface area (Å²) in [6.45, 7) is 24.7. The molecule has 15 nitrogen and oxygen atoms in total. The van der Waals surface area contributed by atoms with E-state index >= 15 is 0 Å². The molecule has 0 aliphatic heterocycles. The Morgan fingerprint density at radius 2 is 0.490 bits per heavy atom. The summed E-state index contributed by atoms with van der Waals surface area (Å²) in [7, 11) is 0. The van der Waals surface area contributed by atoms with E-state index in [0.29, 0.717) is 33.8 Å². The van der Waals surface area contributed by atoms with Gasteiger partial charge in [-0.3, -0.25) is 0 Å². The van der Waals surface area contributed by atoms with E-state index < -0.39 is 0 Å². The van der Waals surface area contributed by atoms with Gasteiger partial charge in [0, 0.05) is 109 Å². The predicted octanol–water partition coefficient (Wildman–Crippen LogP) is 35.6. The second-order valence-electron chi connectivity index (χ2n) is 37.0. The SMILES string of the molecule is [C-]#[N+]c1cccc(-c2cc(C#N)cc(-n3c4ccccc4c4c5c(ccc43)oc3ccccc35)c2)c1-n1c2ccccc2c2ccccc21.[C-]#[N+]c1cccc(-c2cc(C#N)cc(-n3c4ccccc4c4c5oc6ccccc6c5ccc43)c2)c1-n1c2ccccc2c2ccccc21.[C-]#[N+]c1cccc(-c2cc(C#N)cc(-n3c4ccccc4c4cc5oc6ccccc6c5cc43)c2)c1-n1c2ccccc2c2ccccc21. The molecule has 0 aliphatic carbocycles. The molecular weight excluding hydrogens is 1800 g/mol. The quantitative estimate of drug-likeness (QED) is 0.131. The Hall–Kier alpha value is -21.2. The van der Waals surface area contributed by atoms with Gasteiger partial charge in [0.15, 0.2) is 0 Å². The Balaban J connectivity index is 0.000000107. The van der Waals surface area contributed by atoms with Crippen molar-refractivity contribution >= 4 is 214 Å². The van der Waals surface area contributed by atoms with Gasteiger partial charge in [-0.15, -0.1) is 0 Å². The summed E-state index contributed by atoms with van der Waals surface area (Å²) in [6, 6.07) is 155. The average molecular weight is 1870 g/mol. The Morgan fingerprint density at radius 3 is 0.884 bits per heavy atom. The summed E-state index contributed by atoms with van der Waals surface area (Å²) >= 11 is 0. The van der Waals surface area contributed by atoms with Gasteiger partial charge in [-0.25, -0.2) is 14.5 Å². The van der Waals surface area contributed by atoms with Crippen molar-refractivity contribution in [2.45, 2.75) is 0 Å². The first-order valence-corrected chi connectivity index (χ1v) is 48.3. The number of nitriles is 3. The number of hydrogen-bond acceptors (Lipinski definition) is 6. The van der Waals surface area contributed by atoms with Crippen LogP contribution in [0.5, 0.6) is 0 Å². The van der Waals surface area contributed by atoms with Gasteiger partial charge in [0.2, 0.25) is 17.1 Å². The maximum atomic E-state index is 10.4. The Labute approximate surface area is 837 Å². The molecule has 30 rings (SSSR count). The van der Waals surface area contributed by atoms with Crippen molar-refractivity contribution in [2.24, 2.45) is 0 Å². The maximum Gasteiger partial charge on any atom is 0.211 e. The van der Waals surface area contributed by atoms with E-state index in [1.54, 1.807) is 0 Å². The molecule has 0 radical (unpaired) electrons. The molecule has 0 amide bonds. The fraction of sp³-hybridized carbons (Fsp3) is 0. The summed E-state index contributed by atoms with van der Waals surface area (Å²) in [4.78, 5) is 12.1. The van der Waals surface area contributed by atoms with Crippen LogP contribution in [0.15, 0.2) is 450 Å². The molecule has 21 aromatic carbocycles. The number of nitrogens with zero attached hydrogens (tertiary/aromatic N) is 12. The normalized spacial score (nSPS) is 11.6. The molecule has 0 N–H and O–H groups in total. The lowest BCUT2D eigenvalue weighted by molar-refractivity contribution is 0.669. The molecule has 0 unspecified atom stereocenters. The molecule has 0 atom stereocenters. The molecule has 678 valence electrons. The summed E-state index contributed by atoms with van der Waals surface area (Å²) in [6.07, 6.45) is 0. The Morgan fingerprint density at radius 1 is 0.190 bits per heavy atom. The number of aromatic nitrogens is 6. The first-order valence-electron chi connectivity index (χ1n) is 48.3. The highest BCUT2D eigenvalue weighted by Gasteiger charge is 2.29. The van der Waals surface area contributed by atoms with Gasteiger partial charge in [-0.1, -0.05) is 273 Å². The van der Waals surface area contributed by atoms with Crippen LogP contribution in [0.25, 0.3) is 279 Å². The van der Waals surface area contributed by atoms with E-state index in [0.717, 1.165) is 264 Å². The van der Waals surface area contributed by atoms with Gasteiger partial charge >= 0.3 is 0 Å². The van der Waals surface area contributed by atoms with Crippen LogP contribution in [0.1, 0.15) is 16.7 Å². The van der Waals surface area contributed by atoms with Crippen LogP contribution in [0, 0.1) is 53.7 Å². The zero-order valence-corrected chi connectivity index (χ0v) is 78.2. The number of furan rings is 3.